The number of carbonyl (C=O) groups is 1. The first-order valence-corrected chi connectivity index (χ1v) is 15.0. The molecule has 0 fully saturated rings. The smallest absolute Gasteiger partial charge is 0.338 e. The summed E-state index contributed by atoms with van der Waals surface area (Å²) in [6, 6.07) is 20.9. The Labute approximate surface area is 252 Å². The van der Waals surface area contributed by atoms with Gasteiger partial charge in [-0.25, -0.2) is 9.79 Å². The number of thiazole rings is 1. The number of rotatable bonds is 5. The molecule has 42 heavy (non-hydrogen) atoms. The zero-order valence-electron chi connectivity index (χ0n) is 24.0. The summed E-state index contributed by atoms with van der Waals surface area (Å²) in [7, 11) is 0. The van der Waals surface area contributed by atoms with Crippen molar-refractivity contribution < 1.29 is 9.53 Å². The average molecular weight is 596 g/mol. The zero-order valence-corrected chi connectivity index (χ0v) is 25.6. The van der Waals surface area contributed by atoms with Crippen molar-refractivity contribution in [2.75, 3.05) is 0 Å². The number of hydrogen-bond donors (Lipinski definition) is 1. The summed E-state index contributed by atoms with van der Waals surface area (Å²) in [5.74, 6) is -0.491. The maximum atomic E-state index is 14.3. The van der Waals surface area contributed by atoms with Crippen molar-refractivity contribution >= 4 is 45.9 Å². The van der Waals surface area contributed by atoms with Crippen molar-refractivity contribution in [1.82, 2.24) is 9.55 Å². The Morgan fingerprint density at radius 2 is 1.79 bits per heavy atom. The molecule has 3 heterocycles. The van der Waals surface area contributed by atoms with E-state index in [1.54, 1.807) is 37.5 Å². The predicted octanol–water partition coefficient (Wildman–Crippen LogP) is 6.61. The fraction of sp³-hybridized carbons (Fsp3) is 0.206. The van der Waals surface area contributed by atoms with Crippen LogP contribution in [0.5, 0.6) is 0 Å². The molecule has 1 aliphatic rings. The normalized spacial score (nSPS) is 15.3. The van der Waals surface area contributed by atoms with E-state index in [0.717, 1.165) is 44.4 Å². The number of aryl methyl sites for hydroxylation is 2. The van der Waals surface area contributed by atoms with Gasteiger partial charge in [-0.2, -0.15) is 0 Å². The second-order valence-corrected chi connectivity index (χ2v) is 12.3. The monoisotopic (exact) mass is 595 g/mol. The maximum absolute atomic E-state index is 14.3. The second-order valence-electron chi connectivity index (χ2n) is 10.9. The van der Waals surface area contributed by atoms with Gasteiger partial charge < -0.3 is 9.72 Å². The van der Waals surface area contributed by atoms with Crippen molar-refractivity contribution in [3.8, 4) is 11.3 Å². The van der Waals surface area contributed by atoms with E-state index in [9.17, 15) is 9.59 Å². The van der Waals surface area contributed by atoms with E-state index in [1.807, 2.05) is 36.4 Å². The van der Waals surface area contributed by atoms with E-state index >= 15 is 0 Å². The van der Waals surface area contributed by atoms with Crippen LogP contribution in [0.1, 0.15) is 49.1 Å². The maximum Gasteiger partial charge on any atom is 0.338 e. The molecule has 3 aromatic carbocycles. The molecule has 0 amide bonds. The summed E-state index contributed by atoms with van der Waals surface area (Å²) >= 11 is 7.52. The number of H-pyrrole nitrogens is 1. The molecule has 0 aliphatic carbocycles. The third-order valence-corrected chi connectivity index (χ3v) is 8.63. The van der Waals surface area contributed by atoms with Gasteiger partial charge in [0.2, 0.25) is 0 Å². The molecule has 1 atom stereocenters. The Kier molecular flexibility index (Phi) is 7.25. The summed E-state index contributed by atoms with van der Waals surface area (Å²) < 4.78 is 7.74. The molecule has 0 unspecified atom stereocenters. The van der Waals surface area contributed by atoms with Crippen LogP contribution in [-0.4, -0.2) is 21.6 Å². The summed E-state index contributed by atoms with van der Waals surface area (Å²) in [6.45, 7) is 9.55. The lowest BCUT2D eigenvalue weighted by atomic mass is 9.96. The predicted molar refractivity (Wildman–Crippen MR) is 170 cm³/mol. The number of esters is 1. The lowest BCUT2D eigenvalue weighted by Crippen LogP contribution is -2.40. The van der Waals surface area contributed by atoms with E-state index < -0.39 is 12.0 Å². The Hall–Kier alpha value is -4.20. The Morgan fingerprint density at radius 3 is 2.48 bits per heavy atom. The summed E-state index contributed by atoms with van der Waals surface area (Å²) in [5, 5.41) is 1.61. The second kappa shape index (κ2) is 10.9. The summed E-state index contributed by atoms with van der Waals surface area (Å²) in [4.78, 5) is 36.5. The van der Waals surface area contributed by atoms with Gasteiger partial charge in [-0.15, -0.1) is 0 Å². The van der Waals surface area contributed by atoms with Crippen LogP contribution >= 0.6 is 22.9 Å². The SMILES string of the molecule is CC1=C(C(=O)OC(C)C)[C@H](c2ccc(Cl)cc2)n2c(s/c(=C/c3c(-c4ccccc4)[nH]c4c(C)cc(C)cc34)c2=O)=N1. The van der Waals surface area contributed by atoms with Gasteiger partial charge in [-0.3, -0.25) is 9.36 Å². The molecule has 0 saturated heterocycles. The molecule has 5 aromatic rings. The fourth-order valence-electron chi connectivity index (χ4n) is 5.61. The van der Waals surface area contributed by atoms with Crippen LogP contribution in [0, 0.1) is 13.8 Å². The number of aromatic nitrogens is 2. The van der Waals surface area contributed by atoms with Crippen LogP contribution in [0.15, 0.2) is 87.8 Å². The number of halogens is 1. The lowest BCUT2D eigenvalue weighted by Gasteiger charge is -2.25. The first-order valence-electron chi connectivity index (χ1n) is 13.8. The molecule has 0 radical (unpaired) electrons. The molecule has 212 valence electrons. The minimum Gasteiger partial charge on any atom is -0.459 e. The van der Waals surface area contributed by atoms with E-state index in [1.165, 1.54) is 11.3 Å². The number of aromatic amines is 1. The topological polar surface area (TPSA) is 76.5 Å². The average Bonchev–Trinajstić information content (AvgIpc) is 3.46. The van der Waals surface area contributed by atoms with Crippen LogP contribution in [0.2, 0.25) is 5.02 Å². The van der Waals surface area contributed by atoms with E-state index in [-0.39, 0.29) is 11.7 Å². The minimum absolute atomic E-state index is 0.223. The number of benzene rings is 3. The van der Waals surface area contributed by atoms with E-state index in [4.69, 9.17) is 21.3 Å². The molecule has 1 N–H and O–H groups in total. The van der Waals surface area contributed by atoms with Gasteiger partial charge in [0.15, 0.2) is 4.80 Å². The van der Waals surface area contributed by atoms with Crippen molar-refractivity contribution in [3.05, 3.63) is 125 Å². The first kappa shape index (κ1) is 27.9. The van der Waals surface area contributed by atoms with Gasteiger partial charge in [-0.05, 0) is 75.6 Å². The summed E-state index contributed by atoms with van der Waals surface area (Å²) in [6.07, 6.45) is 1.63. The number of ether oxygens (including phenoxy) is 1. The Balaban J connectivity index is 1.62. The molecular weight excluding hydrogens is 566 g/mol. The van der Waals surface area contributed by atoms with Crippen molar-refractivity contribution in [2.45, 2.75) is 46.8 Å². The Morgan fingerprint density at radius 1 is 1.07 bits per heavy atom. The number of nitrogens with zero attached hydrogens (tertiary/aromatic N) is 2. The van der Waals surface area contributed by atoms with E-state index in [0.29, 0.717) is 25.6 Å². The van der Waals surface area contributed by atoms with Gasteiger partial charge >= 0.3 is 5.97 Å². The number of hydrogen-bond acceptors (Lipinski definition) is 5. The number of allylic oxidation sites excluding steroid dienone is 1. The molecule has 6 nitrogen and oxygen atoms in total. The highest BCUT2D eigenvalue weighted by atomic mass is 35.5. The lowest BCUT2D eigenvalue weighted by molar-refractivity contribution is -0.143. The van der Waals surface area contributed by atoms with Gasteiger partial charge in [0.05, 0.1) is 33.6 Å². The molecule has 1 aliphatic heterocycles. The molecule has 0 bridgehead atoms. The van der Waals surface area contributed by atoms with Gasteiger partial charge in [0, 0.05) is 21.5 Å². The number of fused-ring (bicyclic) bond motifs is 2. The minimum atomic E-state index is -0.701. The molecular formula is C34H30ClN3O3S. The highest BCUT2D eigenvalue weighted by Crippen LogP contribution is 2.34. The first-order chi connectivity index (χ1) is 20.1. The third kappa shape index (κ3) is 4.93. The van der Waals surface area contributed by atoms with Gasteiger partial charge in [-0.1, -0.05) is 77.0 Å². The molecule has 8 heteroatoms. The van der Waals surface area contributed by atoms with Crippen LogP contribution in [0.3, 0.4) is 0 Å². The van der Waals surface area contributed by atoms with Crippen molar-refractivity contribution in [2.24, 2.45) is 4.99 Å². The molecule has 0 saturated carbocycles. The molecule has 0 spiro atoms. The summed E-state index contributed by atoms with van der Waals surface area (Å²) in [5.41, 5.74) is 7.61. The third-order valence-electron chi connectivity index (χ3n) is 7.40. The largest absolute Gasteiger partial charge is 0.459 e. The van der Waals surface area contributed by atoms with Gasteiger partial charge in [0.25, 0.3) is 5.56 Å². The molecule has 6 rings (SSSR count). The highest BCUT2D eigenvalue weighted by Gasteiger charge is 2.34. The number of nitrogens with one attached hydrogen (secondary N) is 1. The highest BCUT2D eigenvalue weighted by molar-refractivity contribution is 7.07. The molecule has 2 aromatic heterocycles. The van der Waals surface area contributed by atoms with Crippen molar-refractivity contribution in [3.63, 3.8) is 0 Å². The quantitative estimate of drug-likeness (QED) is 0.232. The Bertz CT molecular complexity index is 2070. The standard InChI is InChI=1S/C34H30ClN3O3S/c1-18(2)41-33(40)28-21(5)36-34-38(31(28)23-11-13-24(35)14-12-23)32(39)27(42-34)17-26-25-16-19(3)15-20(4)29(25)37-30(26)22-9-7-6-8-10-22/h6-18,31,37H,1-5H3/b27-17+/t31-/m0/s1. The van der Waals surface area contributed by atoms with Crippen LogP contribution < -0.4 is 14.9 Å². The number of carbonyl (C=O) groups excluding carboxylic acids is 1. The van der Waals surface area contributed by atoms with E-state index in [2.05, 4.69) is 43.1 Å². The van der Waals surface area contributed by atoms with Crippen LogP contribution in [0.25, 0.3) is 28.2 Å². The van der Waals surface area contributed by atoms with Crippen molar-refractivity contribution in [1.29, 1.82) is 0 Å². The fourth-order valence-corrected chi connectivity index (χ4v) is 6.76. The van der Waals surface area contributed by atoms with Crippen LogP contribution in [-0.2, 0) is 9.53 Å². The van der Waals surface area contributed by atoms with Gasteiger partial charge in [0.1, 0.15) is 0 Å². The zero-order chi connectivity index (χ0) is 29.7. The van der Waals surface area contributed by atoms with Crippen LogP contribution in [0.4, 0.5) is 0 Å².